The van der Waals surface area contributed by atoms with Gasteiger partial charge in [-0.05, 0) is 24.6 Å². The monoisotopic (exact) mass is 190 g/mol. The van der Waals surface area contributed by atoms with Crippen LogP contribution in [0.5, 0.6) is 0 Å². The lowest BCUT2D eigenvalue weighted by Gasteiger charge is -2.06. The Bertz CT molecular complexity index is 128. The van der Waals surface area contributed by atoms with Gasteiger partial charge in [0.1, 0.15) is 0 Å². The van der Waals surface area contributed by atoms with Crippen LogP contribution in [0.3, 0.4) is 0 Å². The highest BCUT2D eigenvalue weighted by molar-refractivity contribution is 7.80. The minimum atomic E-state index is 0.360. The summed E-state index contributed by atoms with van der Waals surface area (Å²) in [7, 11) is 0. The summed E-state index contributed by atoms with van der Waals surface area (Å²) in [6.45, 7) is 6.66. The lowest BCUT2D eigenvalue weighted by molar-refractivity contribution is 0.108. The average Bonchev–Trinajstić information content (AvgIpc) is 1.95. The molecule has 0 aliphatic heterocycles. The number of nitrogens with two attached hydrogens (primary N) is 1. The van der Waals surface area contributed by atoms with Crippen LogP contribution in [0.4, 0.5) is 0 Å². The topological polar surface area (TPSA) is 47.3 Å². The van der Waals surface area contributed by atoms with Gasteiger partial charge in [-0.25, -0.2) is 0 Å². The maximum Gasteiger partial charge on any atom is 0.163 e. The fraction of sp³-hybridized carbons (Fsp3) is 0.875. The molecular formula is C8H18N2OS. The highest BCUT2D eigenvalue weighted by atomic mass is 32.1. The van der Waals surface area contributed by atoms with Crippen molar-refractivity contribution >= 4 is 17.3 Å². The molecule has 0 atom stereocenters. The van der Waals surface area contributed by atoms with E-state index in [4.69, 9.17) is 10.5 Å². The number of nitrogens with one attached hydrogen (secondary N) is 1. The Kier molecular flexibility index (Phi) is 7.09. The molecule has 0 aromatic carbocycles. The predicted octanol–water partition coefficient (Wildman–Crippen LogP) is 0.882. The molecule has 0 radical (unpaired) electrons. The summed E-state index contributed by atoms with van der Waals surface area (Å²) >= 11 is 4.64. The van der Waals surface area contributed by atoms with Crippen molar-refractivity contribution in [2.24, 2.45) is 11.7 Å². The number of hydrogen-bond donors (Lipinski definition) is 2. The third-order valence-corrected chi connectivity index (χ3v) is 1.36. The fourth-order valence-corrected chi connectivity index (χ4v) is 0.807. The first-order valence-corrected chi connectivity index (χ1v) is 4.64. The van der Waals surface area contributed by atoms with Gasteiger partial charge in [0.15, 0.2) is 5.11 Å². The summed E-state index contributed by atoms with van der Waals surface area (Å²) in [6, 6.07) is 0. The maximum absolute atomic E-state index is 5.35. The molecular weight excluding hydrogens is 172 g/mol. The van der Waals surface area contributed by atoms with E-state index in [-0.39, 0.29) is 0 Å². The molecule has 0 aliphatic carbocycles. The second-order valence-corrected chi connectivity index (χ2v) is 3.55. The van der Waals surface area contributed by atoms with Crippen LogP contribution in [0, 0.1) is 5.92 Å². The van der Waals surface area contributed by atoms with Crippen molar-refractivity contribution < 1.29 is 4.74 Å². The van der Waals surface area contributed by atoms with Gasteiger partial charge >= 0.3 is 0 Å². The Hall–Kier alpha value is -0.350. The van der Waals surface area contributed by atoms with Gasteiger partial charge in [0.2, 0.25) is 0 Å². The van der Waals surface area contributed by atoms with Crippen LogP contribution in [-0.4, -0.2) is 24.9 Å². The molecule has 4 heteroatoms. The SMILES string of the molecule is CC(C)COCCCNC(N)=S. The zero-order valence-corrected chi connectivity index (χ0v) is 8.62. The van der Waals surface area contributed by atoms with Crippen LogP contribution < -0.4 is 11.1 Å². The Morgan fingerprint density at radius 1 is 1.58 bits per heavy atom. The summed E-state index contributed by atoms with van der Waals surface area (Å²) < 4.78 is 5.35. The third-order valence-electron chi connectivity index (χ3n) is 1.22. The summed E-state index contributed by atoms with van der Waals surface area (Å²) in [6.07, 6.45) is 0.948. The minimum Gasteiger partial charge on any atom is -0.381 e. The Balaban J connectivity index is 2.96. The molecule has 0 saturated carbocycles. The Morgan fingerprint density at radius 3 is 2.75 bits per heavy atom. The van der Waals surface area contributed by atoms with Gasteiger partial charge in [-0.15, -0.1) is 0 Å². The van der Waals surface area contributed by atoms with Crippen LogP contribution >= 0.6 is 12.2 Å². The second kappa shape index (κ2) is 7.31. The van der Waals surface area contributed by atoms with E-state index in [2.05, 4.69) is 31.4 Å². The van der Waals surface area contributed by atoms with E-state index in [1.165, 1.54) is 0 Å². The molecule has 0 fully saturated rings. The van der Waals surface area contributed by atoms with Gasteiger partial charge in [0.25, 0.3) is 0 Å². The van der Waals surface area contributed by atoms with E-state index in [1.54, 1.807) is 0 Å². The van der Waals surface area contributed by atoms with E-state index in [0.717, 1.165) is 26.2 Å². The van der Waals surface area contributed by atoms with Crippen LogP contribution in [0.1, 0.15) is 20.3 Å². The molecule has 72 valence electrons. The molecule has 3 nitrogen and oxygen atoms in total. The van der Waals surface area contributed by atoms with Crippen molar-refractivity contribution in [1.29, 1.82) is 0 Å². The molecule has 12 heavy (non-hydrogen) atoms. The Labute approximate surface area is 79.7 Å². The number of ether oxygens (including phenoxy) is 1. The van der Waals surface area contributed by atoms with Gasteiger partial charge in [-0.3, -0.25) is 0 Å². The molecule has 3 N–H and O–H groups in total. The van der Waals surface area contributed by atoms with Crippen molar-refractivity contribution in [2.75, 3.05) is 19.8 Å². The van der Waals surface area contributed by atoms with Crippen LogP contribution in [0.15, 0.2) is 0 Å². The molecule has 0 aromatic rings. The zero-order chi connectivity index (χ0) is 9.40. The fourth-order valence-electron chi connectivity index (χ4n) is 0.705. The first kappa shape index (κ1) is 11.6. The minimum absolute atomic E-state index is 0.360. The van der Waals surface area contributed by atoms with Gasteiger partial charge in [-0.2, -0.15) is 0 Å². The highest BCUT2D eigenvalue weighted by Gasteiger charge is 1.93. The maximum atomic E-state index is 5.35. The van der Waals surface area contributed by atoms with Gasteiger partial charge in [0.05, 0.1) is 0 Å². The molecule has 0 amide bonds. The van der Waals surface area contributed by atoms with Crippen LogP contribution in [0.25, 0.3) is 0 Å². The first-order chi connectivity index (χ1) is 5.63. The largest absolute Gasteiger partial charge is 0.381 e. The second-order valence-electron chi connectivity index (χ2n) is 3.11. The zero-order valence-electron chi connectivity index (χ0n) is 7.80. The lowest BCUT2D eigenvalue weighted by atomic mass is 10.2. The first-order valence-electron chi connectivity index (χ1n) is 4.24. The van der Waals surface area contributed by atoms with Crippen molar-refractivity contribution in [3.05, 3.63) is 0 Å². The quantitative estimate of drug-likeness (QED) is 0.482. The van der Waals surface area contributed by atoms with E-state index in [0.29, 0.717) is 11.0 Å². The molecule has 0 rings (SSSR count). The van der Waals surface area contributed by atoms with Crippen LogP contribution in [0.2, 0.25) is 0 Å². The number of rotatable bonds is 6. The molecule has 0 aromatic heterocycles. The summed E-state index contributed by atoms with van der Waals surface area (Å²) in [5.74, 6) is 0.605. The van der Waals surface area contributed by atoms with Crippen LogP contribution in [-0.2, 0) is 4.74 Å². The van der Waals surface area contributed by atoms with Crippen molar-refractivity contribution in [1.82, 2.24) is 5.32 Å². The van der Waals surface area contributed by atoms with E-state index in [1.807, 2.05) is 0 Å². The highest BCUT2D eigenvalue weighted by Crippen LogP contribution is 1.92. The van der Waals surface area contributed by atoms with Crippen molar-refractivity contribution in [3.63, 3.8) is 0 Å². The standard InChI is InChI=1S/C8H18N2OS/c1-7(2)6-11-5-3-4-10-8(9)12/h7H,3-6H2,1-2H3,(H3,9,10,12). The molecule has 0 bridgehead atoms. The van der Waals surface area contributed by atoms with Gasteiger partial charge in [0, 0.05) is 19.8 Å². The van der Waals surface area contributed by atoms with E-state index < -0.39 is 0 Å². The van der Waals surface area contributed by atoms with E-state index >= 15 is 0 Å². The summed E-state index contributed by atoms with van der Waals surface area (Å²) in [5, 5.41) is 3.22. The molecule has 0 saturated heterocycles. The smallest absolute Gasteiger partial charge is 0.163 e. The molecule has 0 spiro atoms. The Morgan fingerprint density at radius 2 is 2.25 bits per heavy atom. The van der Waals surface area contributed by atoms with Crippen molar-refractivity contribution in [2.45, 2.75) is 20.3 Å². The third kappa shape index (κ3) is 9.65. The van der Waals surface area contributed by atoms with E-state index in [9.17, 15) is 0 Å². The molecule has 0 unspecified atom stereocenters. The predicted molar refractivity (Wildman–Crippen MR) is 55.1 cm³/mol. The lowest BCUT2D eigenvalue weighted by Crippen LogP contribution is -2.30. The van der Waals surface area contributed by atoms with Crippen molar-refractivity contribution in [3.8, 4) is 0 Å². The van der Waals surface area contributed by atoms with Gasteiger partial charge < -0.3 is 15.8 Å². The van der Waals surface area contributed by atoms with Gasteiger partial charge in [-0.1, -0.05) is 13.8 Å². The normalized spacial score (nSPS) is 10.2. The summed E-state index contributed by atoms with van der Waals surface area (Å²) in [4.78, 5) is 0. The number of thiocarbonyl (C=S) groups is 1. The number of hydrogen-bond acceptors (Lipinski definition) is 2. The molecule has 0 heterocycles. The summed E-state index contributed by atoms with van der Waals surface area (Å²) in [5.41, 5.74) is 5.23. The molecule has 0 aliphatic rings. The average molecular weight is 190 g/mol.